The molecule has 2 rings (SSSR count). The highest BCUT2D eigenvalue weighted by molar-refractivity contribution is 5.74. The lowest BCUT2D eigenvalue weighted by atomic mass is 10.1. The fourth-order valence-electron chi connectivity index (χ4n) is 2.17. The van der Waals surface area contributed by atoms with E-state index in [0.717, 1.165) is 16.0 Å². The van der Waals surface area contributed by atoms with Gasteiger partial charge in [-0.2, -0.15) is 0 Å². The normalized spacial score (nSPS) is 11.9. The van der Waals surface area contributed by atoms with Crippen LogP contribution in [0.5, 0.6) is 5.75 Å². The van der Waals surface area contributed by atoms with Crippen LogP contribution in [0, 0.1) is 0 Å². The lowest BCUT2D eigenvalue weighted by Gasteiger charge is -2.21. The number of alkyl halides is 2. The Labute approximate surface area is 145 Å². The number of benzene rings is 1. The van der Waals surface area contributed by atoms with Gasteiger partial charge in [-0.1, -0.05) is 18.2 Å². The smallest absolute Gasteiger partial charge is 0.317 e. The van der Waals surface area contributed by atoms with Gasteiger partial charge in [-0.3, -0.25) is 4.98 Å². The van der Waals surface area contributed by atoms with E-state index in [1.54, 1.807) is 31.5 Å². The van der Waals surface area contributed by atoms with E-state index in [9.17, 15) is 13.6 Å². The Bertz CT molecular complexity index is 666. The summed E-state index contributed by atoms with van der Waals surface area (Å²) in [5.74, 6) is 0.695. The van der Waals surface area contributed by atoms with Crippen molar-refractivity contribution >= 4 is 6.03 Å². The highest BCUT2D eigenvalue weighted by Gasteiger charge is 2.16. The first-order valence-electron chi connectivity index (χ1n) is 7.87. The molecule has 5 nitrogen and oxygen atoms in total. The monoisotopic (exact) mass is 349 g/mol. The van der Waals surface area contributed by atoms with Crippen LogP contribution in [0.3, 0.4) is 0 Å². The largest absolute Gasteiger partial charge is 0.489 e. The second-order valence-corrected chi connectivity index (χ2v) is 5.66. The molecule has 0 fully saturated rings. The fraction of sp³-hybridized carbons (Fsp3) is 0.333. The number of nitrogens with one attached hydrogen (secondary N) is 1. The zero-order chi connectivity index (χ0) is 18.2. The van der Waals surface area contributed by atoms with E-state index in [0.29, 0.717) is 12.4 Å². The third kappa shape index (κ3) is 6.02. The summed E-state index contributed by atoms with van der Waals surface area (Å²) in [5.41, 5.74) is 1.82. The van der Waals surface area contributed by atoms with Crippen molar-refractivity contribution in [2.24, 2.45) is 0 Å². The molecule has 2 amide bonds. The van der Waals surface area contributed by atoms with Gasteiger partial charge in [-0.05, 0) is 30.7 Å². The summed E-state index contributed by atoms with van der Waals surface area (Å²) >= 11 is 0. The first kappa shape index (κ1) is 18.6. The van der Waals surface area contributed by atoms with Crippen molar-refractivity contribution in [1.82, 2.24) is 15.2 Å². The Hall–Kier alpha value is -2.70. The van der Waals surface area contributed by atoms with Crippen LogP contribution in [-0.2, 0) is 6.61 Å². The summed E-state index contributed by atoms with van der Waals surface area (Å²) < 4.78 is 30.3. The quantitative estimate of drug-likeness (QED) is 0.830. The molecule has 25 heavy (non-hydrogen) atoms. The molecule has 1 N–H and O–H groups in total. The molecule has 0 saturated carbocycles. The second-order valence-electron chi connectivity index (χ2n) is 5.66. The average Bonchev–Trinajstić information content (AvgIpc) is 2.60. The average molecular weight is 349 g/mol. The maximum absolute atomic E-state index is 12.3. The molecule has 0 bridgehead atoms. The van der Waals surface area contributed by atoms with Crippen molar-refractivity contribution in [3.05, 3.63) is 59.9 Å². The Kier molecular flexibility index (Phi) is 6.68. The topological polar surface area (TPSA) is 54.5 Å². The van der Waals surface area contributed by atoms with Gasteiger partial charge in [0.1, 0.15) is 12.4 Å². The Morgan fingerprint density at radius 2 is 2.00 bits per heavy atom. The van der Waals surface area contributed by atoms with E-state index in [4.69, 9.17) is 4.74 Å². The first-order chi connectivity index (χ1) is 12.0. The van der Waals surface area contributed by atoms with Crippen LogP contribution in [0.2, 0.25) is 0 Å². The van der Waals surface area contributed by atoms with Crippen LogP contribution in [0.1, 0.15) is 24.1 Å². The van der Waals surface area contributed by atoms with Crippen LogP contribution < -0.4 is 10.1 Å². The maximum atomic E-state index is 12.3. The highest BCUT2D eigenvalue weighted by atomic mass is 19.3. The number of nitrogens with zero attached hydrogens (tertiary/aromatic N) is 2. The Balaban J connectivity index is 1.87. The summed E-state index contributed by atoms with van der Waals surface area (Å²) in [7, 11) is 1.34. The third-order valence-electron chi connectivity index (χ3n) is 3.61. The number of hydrogen-bond acceptors (Lipinski definition) is 3. The van der Waals surface area contributed by atoms with Crippen LogP contribution in [0.4, 0.5) is 13.6 Å². The number of hydrogen-bond donors (Lipinski definition) is 1. The van der Waals surface area contributed by atoms with E-state index in [1.807, 2.05) is 24.3 Å². The molecule has 2 aromatic rings. The predicted molar refractivity (Wildman–Crippen MR) is 90.6 cm³/mol. The van der Waals surface area contributed by atoms with Gasteiger partial charge in [0, 0.05) is 25.0 Å². The Morgan fingerprint density at radius 3 is 2.60 bits per heavy atom. The van der Waals surface area contributed by atoms with Gasteiger partial charge < -0.3 is 15.0 Å². The van der Waals surface area contributed by atoms with Crippen LogP contribution in [0.15, 0.2) is 48.8 Å². The summed E-state index contributed by atoms with van der Waals surface area (Å²) in [6, 6.07) is 10.2. The molecule has 1 atom stereocenters. The number of pyridine rings is 1. The molecule has 1 aromatic carbocycles. The van der Waals surface area contributed by atoms with Gasteiger partial charge in [0.25, 0.3) is 6.43 Å². The third-order valence-corrected chi connectivity index (χ3v) is 3.61. The summed E-state index contributed by atoms with van der Waals surface area (Å²) in [4.78, 5) is 16.8. The number of carbonyl (C=O) groups excluding carboxylic acids is 1. The van der Waals surface area contributed by atoms with Crippen molar-refractivity contribution in [1.29, 1.82) is 0 Å². The number of aromatic nitrogens is 1. The highest BCUT2D eigenvalue weighted by Crippen LogP contribution is 2.18. The summed E-state index contributed by atoms with van der Waals surface area (Å²) in [5, 5.41) is 2.68. The molecule has 7 heteroatoms. The van der Waals surface area contributed by atoms with Gasteiger partial charge >= 0.3 is 6.03 Å². The molecule has 0 aliphatic heterocycles. The molecule has 134 valence electrons. The van der Waals surface area contributed by atoms with Gasteiger partial charge in [0.2, 0.25) is 0 Å². The molecule has 0 aliphatic rings. The zero-order valence-electron chi connectivity index (χ0n) is 14.2. The van der Waals surface area contributed by atoms with Crippen LogP contribution in [0.25, 0.3) is 0 Å². The molecular weight excluding hydrogens is 328 g/mol. The van der Waals surface area contributed by atoms with Gasteiger partial charge in [-0.25, -0.2) is 13.6 Å². The predicted octanol–water partition coefficient (Wildman–Crippen LogP) is 3.63. The van der Waals surface area contributed by atoms with E-state index in [2.05, 4.69) is 10.3 Å². The standard InChI is InChI=1S/C18H21F2N3O2/c1-13(22-18(24)23(2)11-17(19)20)15-5-7-16(8-6-15)25-12-14-4-3-9-21-10-14/h3-10,13,17H,11-12H2,1-2H3,(H,22,24)/t13-/m0/s1. The van der Waals surface area contributed by atoms with Crippen molar-refractivity contribution < 1.29 is 18.3 Å². The molecule has 0 aliphatic carbocycles. The van der Waals surface area contributed by atoms with Crippen LogP contribution in [-0.4, -0.2) is 35.9 Å². The van der Waals surface area contributed by atoms with E-state index >= 15 is 0 Å². The molecule has 1 heterocycles. The number of carbonyl (C=O) groups is 1. The fourth-order valence-corrected chi connectivity index (χ4v) is 2.17. The lowest BCUT2D eigenvalue weighted by Crippen LogP contribution is -2.40. The maximum Gasteiger partial charge on any atom is 0.317 e. The lowest BCUT2D eigenvalue weighted by molar-refractivity contribution is 0.107. The molecule has 0 unspecified atom stereocenters. The minimum atomic E-state index is -2.55. The zero-order valence-corrected chi connectivity index (χ0v) is 14.2. The molecule has 0 radical (unpaired) electrons. The van der Waals surface area contributed by atoms with Gasteiger partial charge in [0.15, 0.2) is 0 Å². The van der Waals surface area contributed by atoms with E-state index in [1.165, 1.54) is 7.05 Å². The van der Waals surface area contributed by atoms with Crippen molar-refractivity contribution in [2.45, 2.75) is 26.0 Å². The Morgan fingerprint density at radius 1 is 1.28 bits per heavy atom. The number of urea groups is 1. The van der Waals surface area contributed by atoms with Crippen LogP contribution >= 0.6 is 0 Å². The SMILES string of the molecule is C[C@H](NC(=O)N(C)CC(F)F)c1ccc(OCc2cccnc2)cc1. The number of ether oxygens (including phenoxy) is 1. The molecule has 0 spiro atoms. The minimum absolute atomic E-state index is 0.306. The number of halogens is 2. The summed E-state index contributed by atoms with van der Waals surface area (Å²) in [6.07, 6.45) is 0.886. The van der Waals surface area contributed by atoms with Gasteiger partial charge in [0.05, 0.1) is 12.6 Å². The van der Waals surface area contributed by atoms with E-state index < -0.39 is 19.0 Å². The molecular formula is C18H21F2N3O2. The first-order valence-corrected chi connectivity index (χ1v) is 7.87. The minimum Gasteiger partial charge on any atom is -0.489 e. The van der Waals surface area contributed by atoms with Crippen molar-refractivity contribution in [3.63, 3.8) is 0 Å². The molecule has 1 aromatic heterocycles. The molecule has 0 saturated heterocycles. The number of rotatable bonds is 7. The summed E-state index contributed by atoms with van der Waals surface area (Å²) in [6.45, 7) is 1.61. The van der Waals surface area contributed by atoms with E-state index in [-0.39, 0.29) is 6.04 Å². The van der Waals surface area contributed by atoms with Crippen molar-refractivity contribution in [2.75, 3.05) is 13.6 Å². The second kappa shape index (κ2) is 8.96. The van der Waals surface area contributed by atoms with Crippen molar-refractivity contribution in [3.8, 4) is 5.75 Å². The van der Waals surface area contributed by atoms with Gasteiger partial charge in [-0.15, -0.1) is 0 Å². The number of amides is 2.